The van der Waals surface area contributed by atoms with E-state index >= 15 is 0 Å². The van der Waals surface area contributed by atoms with Crippen LogP contribution in [0.25, 0.3) is 21.9 Å². The summed E-state index contributed by atoms with van der Waals surface area (Å²) in [6.07, 6.45) is 1.48. The molecule has 0 aliphatic rings. The Labute approximate surface area is 90.1 Å². The van der Waals surface area contributed by atoms with E-state index in [-0.39, 0.29) is 5.69 Å². The SMILES string of the molecule is O=C(O)c1nccc2c1oc1ccccc12. The number of furan rings is 1. The Bertz CT molecular complexity index is 700. The molecule has 0 atom stereocenters. The van der Waals surface area contributed by atoms with Crippen LogP contribution in [0.5, 0.6) is 0 Å². The number of rotatable bonds is 1. The van der Waals surface area contributed by atoms with Crippen molar-refractivity contribution in [3.63, 3.8) is 0 Å². The summed E-state index contributed by atoms with van der Waals surface area (Å²) in [6.45, 7) is 0. The number of hydrogen-bond donors (Lipinski definition) is 1. The van der Waals surface area contributed by atoms with E-state index in [1.54, 1.807) is 12.1 Å². The Morgan fingerprint density at radius 2 is 2.00 bits per heavy atom. The quantitative estimate of drug-likeness (QED) is 0.675. The fourth-order valence-corrected chi connectivity index (χ4v) is 1.80. The normalized spacial score (nSPS) is 11.0. The Morgan fingerprint density at radius 1 is 1.19 bits per heavy atom. The topological polar surface area (TPSA) is 63.3 Å². The number of nitrogens with zero attached hydrogens (tertiary/aromatic N) is 1. The van der Waals surface area contributed by atoms with Crippen LogP contribution in [0, 0.1) is 0 Å². The van der Waals surface area contributed by atoms with Gasteiger partial charge in [0.25, 0.3) is 0 Å². The van der Waals surface area contributed by atoms with Crippen molar-refractivity contribution in [3.8, 4) is 0 Å². The molecule has 0 aliphatic carbocycles. The van der Waals surface area contributed by atoms with Crippen LogP contribution < -0.4 is 0 Å². The summed E-state index contributed by atoms with van der Waals surface area (Å²) in [6, 6.07) is 9.19. The first-order valence-corrected chi connectivity index (χ1v) is 4.77. The number of para-hydroxylation sites is 1. The third-order valence-corrected chi connectivity index (χ3v) is 2.50. The van der Waals surface area contributed by atoms with Gasteiger partial charge in [0.05, 0.1) is 0 Å². The molecule has 3 rings (SSSR count). The third-order valence-electron chi connectivity index (χ3n) is 2.50. The molecule has 2 aromatic heterocycles. The van der Waals surface area contributed by atoms with Crippen LogP contribution in [0.2, 0.25) is 0 Å². The molecule has 16 heavy (non-hydrogen) atoms. The van der Waals surface area contributed by atoms with Crippen molar-refractivity contribution in [1.82, 2.24) is 4.98 Å². The lowest BCUT2D eigenvalue weighted by Gasteiger charge is -1.93. The number of carboxylic acid groups (broad SMARTS) is 1. The first-order valence-electron chi connectivity index (χ1n) is 4.77. The van der Waals surface area contributed by atoms with Gasteiger partial charge >= 0.3 is 5.97 Å². The molecule has 4 heteroatoms. The van der Waals surface area contributed by atoms with Crippen molar-refractivity contribution in [3.05, 3.63) is 42.2 Å². The Balaban J connectivity index is 2.54. The summed E-state index contributed by atoms with van der Waals surface area (Å²) in [7, 11) is 0. The molecule has 2 heterocycles. The van der Waals surface area contributed by atoms with E-state index in [9.17, 15) is 4.79 Å². The van der Waals surface area contributed by atoms with E-state index in [4.69, 9.17) is 9.52 Å². The highest BCUT2D eigenvalue weighted by Gasteiger charge is 2.15. The van der Waals surface area contributed by atoms with E-state index in [2.05, 4.69) is 4.98 Å². The predicted molar refractivity (Wildman–Crippen MR) is 58.5 cm³/mol. The lowest BCUT2D eigenvalue weighted by Crippen LogP contribution is -1.99. The van der Waals surface area contributed by atoms with Gasteiger partial charge < -0.3 is 9.52 Å². The number of aromatic nitrogens is 1. The fourth-order valence-electron chi connectivity index (χ4n) is 1.80. The molecule has 0 saturated carbocycles. The first kappa shape index (κ1) is 8.91. The second-order valence-electron chi connectivity index (χ2n) is 3.44. The standard InChI is InChI=1S/C12H7NO3/c14-12(15)10-11-8(5-6-13-10)7-3-1-2-4-9(7)16-11/h1-6H,(H,14,15). The van der Waals surface area contributed by atoms with Gasteiger partial charge in [-0.1, -0.05) is 18.2 Å². The van der Waals surface area contributed by atoms with Crippen molar-refractivity contribution in [1.29, 1.82) is 0 Å². The fraction of sp³-hybridized carbons (Fsp3) is 0. The van der Waals surface area contributed by atoms with Crippen LogP contribution >= 0.6 is 0 Å². The van der Waals surface area contributed by atoms with Crippen molar-refractivity contribution >= 4 is 27.9 Å². The molecule has 0 radical (unpaired) electrons. The average Bonchev–Trinajstić information content (AvgIpc) is 2.67. The van der Waals surface area contributed by atoms with Gasteiger partial charge in [0.1, 0.15) is 5.58 Å². The Morgan fingerprint density at radius 3 is 2.81 bits per heavy atom. The number of hydrogen-bond acceptors (Lipinski definition) is 3. The van der Waals surface area contributed by atoms with Gasteiger partial charge in [-0.2, -0.15) is 0 Å². The second kappa shape index (κ2) is 3.06. The van der Waals surface area contributed by atoms with Crippen LogP contribution in [0.3, 0.4) is 0 Å². The van der Waals surface area contributed by atoms with E-state index in [1.165, 1.54) is 6.20 Å². The van der Waals surface area contributed by atoms with Crippen molar-refractivity contribution in [2.45, 2.75) is 0 Å². The van der Waals surface area contributed by atoms with Crippen LogP contribution in [0.4, 0.5) is 0 Å². The number of carbonyl (C=O) groups is 1. The summed E-state index contributed by atoms with van der Waals surface area (Å²) in [5.41, 5.74) is 0.956. The summed E-state index contributed by atoms with van der Waals surface area (Å²) in [5, 5.41) is 10.7. The Kier molecular flexibility index (Phi) is 1.71. The zero-order valence-electron chi connectivity index (χ0n) is 8.18. The average molecular weight is 213 g/mol. The molecule has 4 nitrogen and oxygen atoms in total. The van der Waals surface area contributed by atoms with E-state index in [0.29, 0.717) is 11.2 Å². The number of fused-ring (bicyclic) bond motifs is 3. The lowest BCUT2D eigenvalue weighted by atomic mass is 10.1. The molecule has 0 bridgehead atoms. The minimum atomic E-state index is -1.08. The highest BCUT2D eigenvalue weighted by Crippen LogP contribution is 2.29. The van der Waals surface area contributed by atoms with Gasteiger partial charge in [-0.05, 0) is 12.1 Å². The molecule has 1 N–H and O–H groups in total. The third kappa shape index (κ3) is 1.10. The monoisotopic (exact) mass is 213 g/mol. The molecule has 0 aliphatic heterocycles. The summed E-state index contributed by atoms with van der Waals surface area (Å²) < 4.78 is 5.50. The Hall–Kier alpha value is -2.36. The van der Waals surface area contributed by atoms with Crippen LogP contribution in [0.15, 0.2) is 40.9 Å². The van der Waals surface area contributed by atoms with Gasteiger partial charge in [0.2, 0.25) is 0 Å². The van der Waals surface area contributed by atoms with E-state index in [0.717, 1.165) is 10.8 Å². The number of carboxylic acids is 1. The van der Waals surface area contributed by atoms with Crippen molar-refractivity contribution in [2.24, 2.45) is 0 Å². The van der Waals surface area contributed by atoms with Gasteiger partial charge in [-0.3, -0.25) is 0 Å². The molecule has 0 saturated heterocycles. The van der Waals surface area contributed by atoms with Gasteiger partial charge in [0.15, 0.2) is 11.3 Å². The van der Waals surface area contributed by atoms with Gasteiger partial charge in [-0.25, -0.2) is 9.78 Å². The van der Waals surface area contributed by atoms with Gasteiger partial charge in [0, 0.05) is 17.0 Å². The maximum Gasteiger partial charge on any atom is 0.358 e. The maximum absolute atomic E-state index is 11.0. The summed E-state index contributed by atoms with van der Waals surface area (Å²) >= 11 is 0. The van der Waals surface area contributed by atoms with Crippen molar-refractivity contribution in [2.75, 3.05) is 0 Å². The molecule has 0 unspecified atom stereocenters. The highest BCUT2D eigenvalue weighted by atomic mass is 16.4. The number of pyridine rings is 1. The zero-order chi connectivity index (χ0) is 11.1. The minimum absolute atomic E-state index is 0.0475. The highest BCUT2D eigenvalue weighted by molar-refractivity contribution is 6.10. The summed E-state index contributed by atoms with van der Waals surface area (Å²) in [4.78, 5) is 14.8. The molecule has 78 valence electrons. The van der Waals surface area contributed by atoms with Crippen molar-refractivity contribution < 1.29 is 14.3 Å². The smallest absolute Gasteiger partial charge is 0.358 e. The largest absolute Gasteiger partial charge is 0.476 e. The zero-order valence-corrected chi connectivity index (χ0v) is 8.18. The van der Waals surface area contributed by atoms with E-state index < -0.39 is 5.97 Å². The van der Waals surface area contributed by atoms with Crippen LogP contribution in [0.1, 0.15) is 10.5 Å². The number of benzene rings is 1. The lowest BCUT2D eigenvalue weighted by molar-refractivity contribution is 0.0691. The van der Waals surface area contributed by atoms with Crippen LogP contribution in [-0.2, 0) is 0 Å². The second-order valence-corrected chi connectivity index (χ2v) is 3.44. The number of aromatic carboxylic acids is 1. The molecule has 3 aromatic rings. The maximum atomic E-state index is 11.0. The molecule has 1 aromatic carbocycles. The van der Waals surface area contributed by atoms with Crippen LogP contribution in [-0.4, -0.2) is 16.1 Å². The minimum Gasteiger partial charge on any atom is -0.476 e. The summed E-state index contributed by atoms with van der Waals surface area (Å²) in [5.74, 6) is -1.08. The molecule has 0 fully saturated rings. The predicted octanol–water partition coefficient (Wildman–Crippen LogP) is 2.68. The molecular formula is C12H7NO3. The van der Waals surface area contributed by atoms with Gasteiger partial charge in [-0.15, -0.1) is 0 Å². The molecular weight excluding hydrogens is 206 g/mol. The first-order chi connectivity index (χ1) is 7.77. The van der Waals surface area contributed by atoms with E-state index in [1.807, 2.05) is 18.2 Å². The molecule has 0 amide bonds. The molecule has 0 spiro atoms.